The molecule has 0 radical (unpaired) electrons. The maximum atomic E-state index is 14.8. The standard InChI is InChI=1S/C40H68N4O5/c1-24(45)31(32(42)47)44-33(48)27(11-9-10-22-41)43-34(49)40-20-18-35(2,3)23-26(40)25-12-13-29-37(6)16-15-30(46)36(4,5)28(37)14-17-39(29,8)38(25,7)19-21-40/h12,24,26-31,45-46H,9-11,13-23,41H2,1-8H3,(H2,42,47)(H,43,49)(H,44,48)/t24-,26?,27+,28?,29?,30+,31+,37+,38-,39-,40+/m1/s1. The van der Waals surface area contributed by atoms with Crippen LogP contribution in [0, 0.1) is 50.2 Å². The van der Waals surface area contributed by atoms with Crippen LogP contribution in [0.25, 0.3) is 0 Å². The van der Waals surface area contributed by atoms with E-state index in [9.17, 15) is 24.6 Å². The summed E-state index contributed by atoms with van der Waals surface area (Å²) in [5.74, 6) is -0.318. The van der Waals surface area contributed by atoms with Crippen LogP contribution in [0.15, 0.2) is 11.6 Å². The van der Waals surface area contributed by atoms with Gasteiger partial charge in [-0.25, -0.2) is 0 Å². The molecule has 0 heterocycles. The molecule has 5 aliphatic carbocycles. The van der Waals surface area contributed by atoms with Crippen LogP contribution in [-0.4, -0.2) is 58.8 Å². The van der Waals surface area contributed by atoms with Crippen molar-refractivity contribution in [2.24, 2.45) is 61.7 Å². The lowest BCUT2D eigenvalue weighted by Gasteiger charge is -2.71. The molecule has 8 N–H and O–H groups in total. The van der Waals surface area contributed by atoms with Crippen molar-refractivity contribution in [1.82, 2.24) is 10.6 Å². The minimum Gasteiger partial charge on any atom is -0.393 e. The van der Waals surface area contributed by atoms with Crippen LogP contribution >= 0.6 is 0 Å². The van der Waals surface area contributed by atoms with Crippen molar-refractivity contribution in [1.29, 1.82) is 0 Å². The van der Waals surface area contributed by atoms with Gasteiger partial charge < -0.3 is 32.3 Å². The first kappa shape index (κ1) is 38.3. The molecule has 278 valence electrons. The molecule has 0 spiro atoms. The molecule has 3 amide bonds. The van der Waals surface area contributed by atoms with E-state index in [4.69, 9.17) is 11.5 Å². The Kier molecular flexibility index (Phi) is 10.3. The fourth-order valence-electron chi connectivity index (χ4n) is 12.4. The first-order valence-electron chi connectivity index (χ1n) is 19.4. The van der Waals surface area contributed by atoms with Gasteiger partial charge in [-0.3, -0.25) is 14.4 Å². The van der Waals surface area contributed by atoms with Gasteiger partial charge in [-0.15, -0.1) is 0 Å². The smallest absolute Gasteiger partial charge is 0.243 e. The highest BCUT2D eigenvalue weighted by Gasteiger charge is 2.69. The lowest BCUT2D eigenvalue weighted by Crippen LogP contribution is -2.66. The summed E-state index contributed by atoms with van der Waals surface area (Å²) in [5.41, 5.74) is 12.3. The number of nitrogens with one attached hydrogen (secondary N) is 2. The number of unbranched alkanes of at least 4 members (excludes halogenated alkanes) is 1. The normalized spacial score (nSPS) is 40.9. The van der Waals surface area contributed by atoms with Gasteiger partial charge in [-0.05, 0) is 142 Å². The number of allylic oxidation sites excluding steroid dienone is 2. The maximum absolute atomic E-state index is 14.8. The second-order valence-corrected chi connectivity index (χ2v) is 19.2. The summed E-state index contributed by atoms with van der Waals surface area (Å²) in [5, 5.41) is 27.0. The van der Waals surface area contributed by atoms with Gasteiger partial charge in [0.05, 0.1) is 17.6 Å². The second kappa shape index (κ2) is 13.2. The Morgan fingerprint density at radius 1 is 0.918 bits per heavy atom. The van der Waals surface area contributed by atoms with E-state index in [0.717, 1.165) is 64.2 Å². The van der Waals surface area contributed by atoms with Crippen LogP contribution in [-0.2, 0) is 14.4 Å². The summed E-state index contributed by atoms with van der Waals surface area (Å²) in [6.07, 6.45) is 12.4. The third-order valence-corrected chi connectivity index (χ3v) is 15.7. The summed E-state index contributed by atoms with van der Waals surface area (Å²) in [4.78, 5) is 40.5. The summed E-state index contributed by atoms with van der Waals surface area (Å²) in [7, 11) is 0. The Balaban J connectivity index is 1.49. The van der Waals surface area contributed by atoms with Gasteiger partial charge in [-0.2, -0.15) is 0 Å². The first-order valence-corrected chi connectivity index (χ1v) is 19.4. The number of primary amides is 1. The molecule has 9 heteroatoms. The molecule has 0 bridgehead atoms. The highest BCUT2D eigenvalue weighted by molar-refractivity contribution is 5.93. The summed E-state index contributed by atoms with van der Waals surface area (Å²) in [6.45, 7) is 18.7. The van der Waals surface area contributed by atoms with E-state index in [1.54, 1.807) is 0 Å². The Morgan fingerprint density at radius 3 is 2.22 bits per heavy atom. The molecule has 5 rings (SSSR count). The largest absolute Gasteiger partial charge is 0.393 e. The quantitative estimate of drug-likeness (QED) is 0.138. The molecule has 49 heavy (non-hydrogen) atoms. The molecule has 11 atom stereocenters. The Labute approximate surface area is 295 Å². The number of hydrogen-bond acceptors (Lipinski definition) is 6. The van der Waals surface area contributed by atoms with Crippen molar-refractivity contribution in [3.63, 3.8) is 0 Å². The lowest BCUT2D eigenvalue weighted by molar-refractivity contribution is -0.203. The average molecular weight is 685 g/mol. The summed E-state index contributed by atoms with van der Waals surface area (Å²) >= 11 is 0. The third kappa shape index (κ3) is 6.19. The van der Waals surface area contributed by atoms with Gasteiger partial charge in [0.1, 0.15) is 12.1 Å². The third-order valence-electron chi connectivity index (χ3n) is 15.7. The van der Waals surface area contributed by atoms with Crippen molar-refractivity contribution in [2.75, 3.05) is 6.54 Å². The van der Waals surface area contributed by atoms with Crippen molar-refractivity contribution in [2.45, 2.75) is 163 Å². The molecule has 0 aliphatic heterocycles. The van der Waals surface area contributed by atoms with E-state index >= 15 is 0 Å². The molecule has 9 nitrogen and oxygen atoms in total. The van der Waals surface area contributed by atoms with Gasteiger partial charge in [0.2, 0.25) is 17.7 Å². The minimum absolute atomic E-state index is 0.0458. The number of amides is 3. The average Bonchev–Trinajstić information content (AvgIpc) is 3.01. The molecule has 4 saturated carbocycles. The molecule has 0 aromatic carbocycles. The van der Waals surface area contributed by atoms with Crippen LogP contribution in [0.4, 0.5) is 0 Å². The zero-order valence-electron chi connectivity index (χ0n) is 31.8. The Hall–Kier alpha value is -1.97. The fourth-order valence-corrected chi connectivity index (χ4v) is 12.4. The van der Waals surface area contributed by atoms with E-state index in [2.05, 4.69) is 65.2 Å². The molecule has 0 saturated heterocycles. The monoisotopic (exact) mass is 685 g/mol. The number of carbonyl (C=O) groups is 3. The minimum atomic E-state index is -1.24. The topological polar surface area (TPSA) is 168 Å². The van der Waals surface area contributed by atoms with Gasteiger partial charge in [0, 0.05) is 0 Å². The zero-order chi connectivity index (χ0) is 36.4. The lowest BCUT2D eigenvalue weighted by atomic mass is 9.33. The van der Waals surface area contributed by atoms with Gasteiger partial charge in [0.25, 0.3) is 0 Å². The highest BCUT2D eigenvalue weighted by atomic mass is 16.3. The van der Waals surface area contributed by atoms with Crippen LogP contribution in [0.2, 0.25) is 0 Å². The number of hydrogen-bond donors (Lipinski definition) is 6. The first-order chi connectivity index (χ1) is 22.7. The molecule has 5 aliphatic rings. The second-order valence-electron chi connectivity index (χ2n) is 19.2. The number of nitrogens with two attached hydrogens (primary N) is 2. The number of fused-ring (bicyclic) bond motifs is 7. The van der Waals surface area contributed by atoms with Crippen molar-refractivity contribution < 1.29 is 24.6 Å². The predicted octanol–water partition coefficient (Wildman–Crippen LogP) is 5.11. The van der Waals surface area contributed by atoms with E-state index in [1.165, 1.54) is 12.5 Å². The number of rotatable bonds is 10. The molecule has 0 aromatic rings. The molecule has 4 fully saturated rings. The van der Waals surface area contributed by atoms with Crippen molar-refractivity contribution in [3.05, 3.63) is 11.6 Å². The number of aliphatic hydroxyl groups excluding tert-OH is 2. The Bertz CT molecular complexity index is 1330. The van der Waals surface area contributed by atoms with Crippen LogP contribution in [0.1, 0.15) is 139 Å². The molecular weight excluding hydrogens is 616 g/mol. The van der Waals surface area contributed by atoms with E-state index in [-0.39, 0.29) is 45.0 Å². The van der Waals surface area contributed by atoms with Crippen LogP contribution in [0.3, 0.4) is 0 Å². The van der Waals surface area contributed by atoms with E-state index in [1.807, 2.05) is 0 Å². The Morgan fingerprint density at radius 2 is 1.59 bits per heavy atom. The predicted molar refractivity (Wildman–Crippen MR) is 193 cm³/mol. The number of aliphatic hydroxyl groups is 2. The van der Waals surface area contributed by atoms with Gasteiger partial charge in [0.15, 0.2) is 0 Å². The van der Waals surface area contributed by atoms with Gasteiger partial charge >= 0.3 is 0 Å². The van der Waals surface area contributed by atoms with Crippen LogP contribution < -0.4 is 22.1 Å². The summed E-state index contributed by atoms with van der Waals surface area (Å²) in [6, 6.07) is -2.10. The van der Waals surface area contributed by atoms with E-state index < -0.39 is 35.4 Å². The van der Waals surface area contributed by atoms with Crippen molar-refractivity contribution >= 4 is 17.7 Å². The summed E-state index contributed by atoms with van der Waals surface area (Å²) < 4.78 is 0. The van der Waals surface area contributed by atoms with Crippen molar-refractivity contribution in [3.8, 4) is 0 Å². The zero-order valence-corrected chi connectivity index (χ0v) is 31.8. The SMILES string of the molecule is C[C@@H](O)[C@H](NC(=O)[C@H](CCCCN)NC(=O)[C@]12CCC(C)(C)CC1C1=CCC3[C@@]4(C)CC[C@H](O)C(C)(C)C4CC[C@@]3(C)[C@]1(C)CC2)C(N)=O. The number of carbonyl (C=O) groups excluding carboxylic acids is 3. The highest BCUT2D eigenvalue weighted by Crippen LogP contribution is 2.75. The maximum Gasteiger partial charge on any atom is 0.243 e. The molecular formula is C40H68N4O5. The fraction of sp³-hybridized carbons (Fsp3) is 0.875. The van der Waals surface area contributed by atoms with Crippen LogP contribution in [0.5, 0.6) is 0 Å². The molecule has 3 unspecified atom stereocenters. The van der Waals surface area contributed by atoms with Gasteiger partial charge in [-0.1, -0.05) is 60.1 Å². The van der Waals surface area contributed by atoms with E-state index in [0.29, 0.717) is 37.6 Å². The molecule has 0 aromatic heterocycles.